The van der Waals surface area contributed by atoms with Gasteiger partial charge in [0.05, 0.1) is 6.61 Å². The zero-order valence-electron chi connectivity index (χ0n) is 9.46. The predicted octanol–water partition coefficient (Wildman–Crippen LogP) is -4.95. The smallest absolute Gasteiger partial charge is 0.394 e. The summed E-state index contributed by atoms with van der Waals surface area (Å²) in [5, 5.41) is 53.2. The number of hydrogen-bond acceptors (Lipinski definition) is 8. The first-order chi connectivity index (χ1) is 8.45. The van der Waals surface area contributed by atoms with Gasteiger partial charge in [-0.3, -0.25) is 0 Å². The first kappa shape index (κ1) is 20.8. The summed E-state index contributed by atoms with van der Waals surface area (Å²) in [4.78, 5) is 31.6. The molecule has 0 heterocycles. The van der Waals surface area contributed by atoms with Crippen LogP contribution in [0.25, 0.3) is 0 Å². The molecule has 0 aromatic carbocycles. The summed E-state index contributed by atoms with van der Waals surface area (Å²) < 4.78 is 8.88. The van der Waals surface area contributed by atoms with E-state index in [0.717, 1.165) is 0 Å². The van der Waals surface area contributed by atoms with Crippen molar-refractivity contribution in [1.29, 1.82) is 0 Å². The SMILES string of the molecule is O=C[C@@H](O)[C@@H](O)[C@H](O)[C@H](O)[C@H](O)CO.O=P(O)(O)O. The van der Waals surface area contributed by atoms with Crippen LogP contribution in [-0.4, -0.2) is 88.7 Å². The van der Waals surface area contributed by atoms with Crippen molar-refractivity contribution in [2.24, 2.45) is 0 Å². The maximum atomic E-state index is 10.00. The predicted molar refractivity (Wildman–Crippen MR) is 57.4 cm³/mol. The second-order valence-electron chi connectivity index (χ2n) is 3.36. The van der Waals surface area contributed by atoms with Crippen molar-refractivity contribution in [1.82, 2.24) is 0 Å². The van der Waals surface area contributed by atoms with E-state index < -0.39 is 44.9 Å². The second kappa shape index (κ2) is 9.44. The zero-order valence-corrected chi connectivity index (χ0v) is 10.4. The monoisotopic (exact) mass is 308 g/mol. The summed E-state index contributed by atoms with van der Waals surface area (Å²) >= 11 is 0. The highest BCUT2D eigenvalue weighted by atomic mass is 31.2. The molecule has 0 saturated carbocycles. The van der Waals surface area contributed by atoms with Crippen LogP contribution in [-0.2, 0) is 9.36 Å². The van der Waals surface area contributed by atoms with Crippen molar-refractivity contribution < 1.29 is 54.7 Å². The molecule has 5 atom stereocenters. The summed E-state index contributed by atoms with van der Waals surface area (Å²) in [7, 11) is -4.64. The molecule has 0 bridgehead atoms. The van der Waals surface area contributed by atoms with E-state index in [9.17, 15) is 4.79 Å². The Morgan fingerprint density at radius 3 is 1.53 bits per heavy atom. The van der Waals surface area contributed by atoms with Gasteiger partial charge < -0.3 is 50.1 Å². The maximum absolute atomic E-state index is 10.00. The molecule has 19 heavy (non-hydrogen) atoms. The van der Waals surface area contributed by atoms with Gasteiger partial charge in [0, 0.05) is 0 Å². The highest BCUT2D eigenvalue weighted by Gasteiger charge is 2.33. The number of phosphoric acid groups is 1. The van der Waals surface area contributed by atoms with Gasteiger partial charge in [-0.25, -0.2) is 4.57 Å². The highest BCUT2D eigenvalue weighted by Crippen LogP contribution is 2.25. The normalized spacial score (nSPS) is 19.4. The third-order valence-electron chi connectivity index (χ3n) is 1.77. The van der Waals surface area contributed by atoms with Crippen molar-refractivity contribution in [2.45, 2.75) is 30.5 Å². The Morgan fingerprint density at radius 1 is 0.895 bits per heavy atom. The minimum atomic E-state index is -4.64. The van der Waals surface area contributed by atoms with Crippen LogP contribution in [0, 0.1) is 0 Å². The largest absolute Gasteiger partial charge is 0.466 e. The molecule has 0 aliphatic heterocycles. The van der Waals surface area contributed by atoms with Gasteiger partial charge in [0.2, 0.25) is 0 Å². The number of carbonyl (C=O) groups excluding carboxylic acids is 1. The number of aliphatic hydroxyl groups is 6. The van der Waals surface area contributed by atoms with Gasteiger partial charge in [0.1, 0.15) is 30.5 Å². The van der Waals surface area contributed by atoms with Crippen LogP contribution in [0.5, 0.6) is 0 Å². The van der Waals surface area contributed by atoms with Gasteiger partial charge in [-0.2, -0.15) is 0 Å². The molecule has 9 N–H and O–H groups in total. The second-order valence-corrected chi connectivity index (χ2v) is 4.39. The van der Waals surface area contributed by atoms with Crippen LogP contribution >= 0.6 is 7.82 Å². The Kier molecular flexibility index (Phi) is 10.4. The molecule has 0 unspecified atom stereocenters. The average molecular weight is 308 g/mol. The van der Waals surface area contributed by atoms with E-state index in [4.69, 9.17) is 49.9 Å². The molecule has 0 amide bonds. The topological polar surface area (TPSA) is 216 Å². The van der Waals surface area contributed by atoms with Crippen molar-refractivity contribution in [2.75, 3.05) is 6.61 Å². The molecular weight excluding hydrogens is 291 g/mol. The fourth-order valence-corrected chi connectivity index (χ4v) is 0.820. The van der Waals surface area contributed by atoms with Crippen molar-refractivity contribution in [3.63, 3.8) is 0 Å². The lowest BCUT2D eigenvalue weighted by atomic mass is 10.0. The Labute approximate surface area is 107 Å². The molecular formula is C7H17O11P. The first-order valence-corrected chi connectivity index (χ1v) is 6.27. The lowest BCUT2D eigenvalue weighted by Gasteiger charge is -2.26. The number of aliphatic hydroxyl groups excluding tert-OH is 6. The lowest BCUT2D eigenvalue weighted by molar-refractivity contribution is -0.147. The molecule has 0 saturated heterocycles. The van der Waals surface area contributed by atoms with Crippen molar-refractivity contribution in [3.05, 3.63) is 0 Å². The van der Waals surface area contributed by atoms with E-state index in [1.807, 2.05) is 0 Å². The number of carbonyl (C=O) groups is 1. The molecule has 0 rings (SSSR count). The molecule has 0 aliphatic carbocycles. The Morgan fingerprint density at radius 2 is 1.26 bits per heavy atom. The van der Waals surface area contributed by atoms with E-state index in [0.29, 0.717) is 0 Å². The molecule has 0 aromatic rings. The van der Waals surface area contributed by atoms with Crippen LogP contribution in [0.3, 0.4) is 0 Å². The van der Waals surface area contributed by atoms with Gasteiger partial charge in [-0.1, -0.05) is 0 Å². The summed E-state index contributed by atoms with van der Waals surface area (Å²) in [6.45, 7) is -0.817. The zero-order chi connectivity index (χ0) is 15.8. The quantitative estimate of drug-likeness (QED) is 0.167. The van der Waals surface area contributed by atoms with Gasteiger partial charge >= 0.3 is 7.82 Å². The van der Waals surface area contributed by atoms with Crippen molar-refractivity contribution in [3.8, 4) is 0 Å². The Balaban J connectivity index is 0. The summed E-state index contributed by atoms with van der Waals surface area (Å²) in [5.74, 6) is 0. The summed E-state index contributed by atoms with van der Waals surface area (Å²) in [6.07, 6.45) is -9.21. The number of aldehydes is 1. The minimum absolute atomic E-state index is 0.0219. The van der Waals surface area contributed by atoms with Crippen LogP contribution in [0.4, 0.5) is 0 Å². The summed E-state index contributed by atoms with van der Waals surface area (Å²) in [6, 6.07) is 0. The average Bonchev–Trinajstić information content (AvgIpc) is 2.31. The van der Waals surface area contributed by atoms with E-state index in [2.05, 4.69) is 0 Å². The molecule has 0 fully saturated rings. The Bertz CT molecular complexity index is 283. The maximum Gasteiger partial charge on any atom is 0.466 e. The molecule has 116 valence electrons. The van der Waals surface area contributed by atoms with Crippen LogP contribution in [0.2, 0.25) is 0 Å². The Hall–Kier alpha value is -0.460. The number of rotatable bonds is 6. The first-order valence-electron chi connectivity index (χ1n) is 4.70. The number of hydrogen-bond donors (Lipinski definition) is 9. The fraction of sp³-hybridized carbons (Fsp3) is 0.857. The van der Waals surface area contributed by atoms with E-state index in [1.54, 1.807) is 0 Å². The lowest BCUT2D eigenvalue weighted by Crippen LogP contribution is -2.50. The van der Waals surface area contributed by atoms with Crippen molar-refractivity contribution >= 4 is 14.1 Å². The molecule has 11 nitrogen and oxygen atoms in total. The van der Waals surface area contributed by atoms with Crippen LogP contribution in [0.15, 0.2) is 0 Å². The van der Waals surface area contributed by atoms with Crippen LogP contribution < -0.4 is 0 Å². The van der Waals surface area contributed by atoms with Crippen LogP contribution in [0.1, 0.15) is 0 Å². The van der Waals surface area contributed by atoms with Gasteiger partial charge in [0.15, 0.2) is 6.29 Å². The van der Waals surface area contributed by atoms with E-state index in [-0.39, 0.29) is 6.29 Å². The van der Waals surface area contributed by atoms with E-state index >= 15 is 0 Å². The third-order valence-corrected chi connectivity index (χ3v) is 1.77. The van der Waals surface area contributed by atoms with Gasteiger partial charge in [0.25, 0.3) is 0 Å². The highest BCUT2D eigenvalue weighted by molar-refractivity contribution is 7.45. The molecule has 0 aliphatic rings. The molecule has 12 heteroatoms. The summed E-state index contributed by atoms with van der Waals surface area (Å²) in [5.41, 5.74) is 0. The fourth-order valence-electron chi connectivity index (χ4n) is 0.820. The van der Waals surface area contributed by atoms with E-state index in [1.165, 1.54) is 0 Å². The van der Waals surface area contributed by atoms with Gasteiger partial charge in [-0.05, 0) is 0 Å². The minimum Gasteiger partial charge on any atom is -0.394 e. The molecule has 0 spiro atoms. The molecule has 0 radical (unpaired) electrons. The van der Waals surface area contributed by atoms with Gasteiger partial charge in [-0.15, -0.1) is 0 Å². The third kappa shape index (κ3) is 11.1. The molecule has 0 aromatic heterocycles. The standard InChI is InChI=1S/C7H14O7.H3O4P/c8-1-3(10)5(12)7(14)6(13)4(11)2-9;1-5(2,3)4/h1,3-7,9-14H,2H2;(H3,1,2,3,4)/t3-,4-,5-,6-,7+;/m1./s1.